The highest BCUT2D eigenvalue weighted by molar-refractivity contribution is 5.86. The van der Waals surface area contributed by atoms with Gasteiger partial charge in [-0.2, -0.15) is 9.61 Å². The van der Waals surface area contributed by atoms with Crippen LogP contribution in [0.5, 0.6) is 0 Å². The van der Waals surface area contributed by atoms with Crippen LogP contribution in [0.25, 0.3) is 5.65 Å². The lowest BCUT2D eigenvalue weighted by atomic mass is 10.4. The Kier molecular flexibility index (Phi) is 3.42. The molecule has 0 atom stereocenters. The third kappa shape index (κ3) is 2.40. The predicted molar refractivity (Wildman–Crippen MR) is 65.0 cm³/mol. The number of carboxylic acid groups (broad SMARTS) is 1. The Hall–Kier alpha value is -2.15. The fourth-order valence-electron chi connectivity index (χ4n) is 1.61. The number of rotatable bonds is 5. The molecule has 0 aliphatic heterocycles. The third-order valence-electron chi connectivity index (χ3n) is 2.39. The summed E-state index contributed by atoms with van der Waals surface area (Å²) in [6, 6.07) is 3.25. The Labute approximate surface area is 103 Å². The molecule has 0 aromatic carbocycles. The second-order valence-corrected chi connectivity index (χ2v) is 3.81. The molecule has 2 aromatic rings. The van der Waals surface area contributed by atoms with Gasteiger partial charge in [-0.05, 0) is 6.92 Å². The second kappa shape index (κ2) is 5.01. The molecule has 0 fully saturated rings. The minimum atomic E-state index is -1.07. The van der Waals surface area contributed by atoms with Gasteiger partial charge in [0.15, 0.2) is 11.3 Å². The first-order valence-corrected chi connectivity index (χ1v) is 5.45. The number of carbonyl (C=O) groups is 1. The highest BCUT2D eigenvalue weighted by Crippen LogP contribution is 2.13. The molecule has 96 valence electrons. The summed E-state index contributed by atoms with van der Waals surface area (Å²) in [5.41, 5.74) is 1.27. The van der Waals surface area contributed by atoms with E-state index in [1.54, 1.807) is 13.2 Å². The molecule has 0 radical (unpaired) electrons. The van der Waals surface area contributed by atoms with Crippen molar-refractivity contribution in [2.45, 2.75) is 6.92 Å². The number of ether oxygens (including phenoxy) is 1. The van der Waals surface area contributed by atoms with Crippen LogP contribution in [-0.4, -0.2) is 45.9 Å². The van der Waals surface area contributed by atoms with Crippen LogP contribution in [0, 0.1) is 6.92 Å². The van der Waals surface area contributed by atoms with Gasteiger partial charge in [-0.1, -0.05) is 0 Å². The van der Waals surface area contributed by atoms with E-state index in [4.69, 9.17) is 9.84 Å². The minimum Gasteiger partial charge on any atom is -0.476 e. The Balaban J connectivity index is 2.40. The molecule has 0 saturated carbocycles. The summed E-state index contributed by atoms with van der Waals surface area (Å²) >= 11 is 0. The molecule has 2 aromatic heterocycles. The van der Waals surface area contributed by atoms with Gasteiger partial charge >= 0.3 is 5.97 Å². The van der Waals surface area contributed by atoms with Crippen LogP contribution in [-0.2, 0) is 4.74 Å². The normalized spacial score (nSPS) is 10.8. The Morgan fingerprint density at radius 2 is 2.33 bits per heavy atom. The van der Waals surface area contributed by atoms with Gasteiger partial charge in [0.05, 0.1) is 6.61 Å². The summed E-state index contributed by atoms with van der Waals surface area (Å²) in [7, 11) is 1.62. The fourth-order valence-corrected chi connectivity index (χ4v) is 1.61. The van der Waals surface area contributed by atoms with E-state index in [9.17, 15) is 4.79 Å². The number of nitrogens with one attached hydrogen (secondary N) is 1. The molecule has 0 amide bonds. The summed E-state index contributed by atoms with van der Waals surface area (Å²) in [6.07, 6.45) is 0. The van der Waals surface area contributed by atoms with Gasteiger partial charge in [-0.15, -0.1) is 0 Å². The van der Waals surface area contributed by atoms with Gasteiger partial charge in [0.25, 0.3) is 0 Å². The minimum absolute atomic E-state index is 0.0251. The van der Waals surface area contributed by atoms with E-state index in [2.05, 4.69) is 15.4 Å². The van der Waals surface area contributed by atoms with Crippen molar-refractivity contribution >= 4 is 17.4 Å². The summed E-state index contributed by atoms with van der Waals surface area (Å²) in [4.78, 5) is 15.1. The molecular weight excluding hydrogens is 236 g/mol. The Morgan fingerprint density at radius 3 is 3.00 bits per heavy atom. The maximum atomic E-state index is 10.9. The van der Waals surface area contributed by atoms with E-state index < -0.39 is 5.97 Å². The van der Waals surface area contributed by atoms with Crippen LogP contribution in [0.1, 0.15) is 16.2 Å². The second-order valence-electron chi connectivity index (χ2n) is 3.81. The molecule has 7 heteroatoms. The number of aromatic carboxylic acids is 1. The highest BCUT2D eigenvalue weighted by Gasteiger charge is 2.12. The van der Waals surface area contributed by atoms with E-state index in [0.717, 1.165) is 5.69 Å². The first-order chi connectivity index (χ1) is 8.61. The number of hydrogen-bond donors (Lipinski definition) is 2. The quantitative estimate of drug-likeness (QED) is 0.763. The van der Waals surface area contributed by atoms with Crippen molar-refractivity contribution in [1.29, 1.82) is 0 Å². The van der Waals surface area contributed by atoms with E-state index in [1.807, 2.05) is 6.92 Å². The maximum absolute atomic E-state index is 10.9. The standard InChI is InChI=1S/C11H14N4O3/c1-7-5-9(12-3-4-18-2)15-10(13-7)6-8(14-15)11(16)17/h5-6,12H,3-4H2,1-2H3,(H,16,17). The van der Waals surface area contributed by atoms with Gasteiger partial charge in [0.2, 0.25) is 0 Å². The molecule has 0 spiro atoms. The molecule has 0 unspecified atom stereocenters. The van der Waals surface area contributed by atoms with Crippen molar-refractivity contribution in [3.05, 3.63) is 23.5 Å². The topological polar surface area (TPSA) is 88.8 Å². The molecule has 0 aliphatic rings. The van der Waals surface area contributed by atoms with E-state index in [0.29, 0.717) is 24.6 Å². The molecule has 2 rings (SSSR count). The number of methoxy groups -OCH3 is 1. The van der Waals surface area contributed by atoms with Crippen molar-refractivity contribution in [1.82, 2.24) is 14.6 Å². The molecular formula is C11H14N4O3. The number of hydrogen-bond acceptors (Lipinski definition) is 5. The Morgan fingerprint density at radius 1 is 1.56 bits per heavy atom. The van der Waals surface area contributed by atoms with Crippen LogP contribution in [0.4, 0.5) is 5.82 Å². The van der Waals surface area contributed by atoms with Crippen LogP contribution >= 0.6 is 0 Å². The van der Waals surface area contributed by atoms with Crippen molar-refractivity contribution < 1.29 is 14.6 Å². The van der Waals surface area contributed by atoms with Gasteiger partial charge in [-0.25, -0.2) is 9.78 Å². The largest absolute Gasteiger partial charge is 0.476 e. The summed E-state index contributed by atoms with van der Waals surface area (Å²) < 4.78 is 6.43. The number of anilines is 1. The van der Waals surface area contributed by atoms with E-state index >= 15 is 0 Å². The lowest BCUT2D eigenvalue weighted by Gasteiger charge is -2.08. The van der Waals surface area contributed by atoms with Crippen LogP contribution < -0.4 is 5.32 Å². The zero-order chi connectivity index (χ0) is 13.1. The summed E-state index contributed by atoms with van der Waals surface area (Å²) in [6.45, 7) is 3.00. The van der Waals surface area contributed by atoms with Crippen molar-refractivity contribution in [3.63, 3.8) is 0 Å². The zero-order valence-electron chi connectivity index (χ0n) is 10.2. The Bertz CT molecular complexity index is 579. The summed E-state index contributed by atoms with van der Waals surface area (Å²) in [5, 5.41) is 16.0. The molecule has 18 heavy (non-hydrogen) atoms. The number of aryl methyl sites for hydroxylation is 1. The fraction of sp³-hybridized carbons (Fsp3) is 0.364. The van der Waals surface area contributed by atoms with Crippen molar-refractivity contribution in [3.8, 4) is 0 Å². The molecule has 7 nitrogen and oxygen atoms in total. The number of carboxylic acids is 1. The average Bonchev–Trinajstić information content (AvgIpc) is 2.73. The predicted octanol–water partition coefficient (Wildman–Crippen LogP) is 0.794. The molecule has 2 heterocycles. The highest BCUT2D eigenvalue weighted by atomic mass is 16.5. The molecule has 2 N–H and O–H groups in total. The lowest BCUT2D eigenvalue weighted by Crippen LogP contribution is -2.12. The van der Waals surface area contributed by atoms with Crippen LogP contribution in [0.2, 0.25) is 0 Å². The molecule has 0 aliphatic carbocycles. The SMILES string of the molecule is COCCNc1cc(C)nc2cc(C(=O)O)nn12. The van der Waals surface area contributed by atoms with Crippen LogP contribution in [0.15, 0.2) is 12.1 Å². The molecule has 0 bridgehead atoms. The average molecular weight is 250 g/mol. The number of fused-ring (bicyclic) bond motifs is 1. The first kappa shape index (κ1) is 12.3. The van der Waals surface area contributed by atoms with E-state index in [1.165, 1.54) is 10.6 Å². The zero-order valence-corrected chi connectivity index (χ0v) is 10.2. The van der Waals surface area contributed by atoms with Gasteiger partial charge in [0, 0.05) is 31.5 Å². The first-order valence-electron chi connectivity index (χ1n) is 5.45. The van der Waals surface area contributed by atoms with E-state index in [-0.39, 0.29) is 5.69 Å². The summed E-state index contributed by atoms with van der Waals surface area (Å²) in [5.74, 6) is -0.372. The lowest BCUT2D eigenvalue weighted by molar-refractivity contribution is 0.0690. The maximum Gasteiger partial charge on any atom is 0.356 e. The molecule has 0 saturated heterocycles. The van der Waals surface area contributed by atoms with Gasteiger partial charge in [-0.3, -0.25) is 0 Å². The van der Waals surface area contributed by atoms with Gasteiger partial charge < -0.3 is 15.2 Å². The third-order valence-corrected chi connectivity index (χ3v) is 2.39. The van der Waals surface area contributed by atoms with Crippen LogP contribution in [0.3, 0.4) is 0 Å². The number of aromatic nitrogens is 3. The van der Waals surface area contributed by atoms with Crippen molar-refractivity contribution in [2.24, 2.45) is 0 Å². The monoisotopic (exact) mass is 250 g/mol. The smallest absolute Gasteiger partial charge is 0.356 e. The van der Waals surface area contributed by atoms with Crippen molar-refractivity contribution in [2.75, 3.05) is 25.6 Å². The number of nitrogens with zero attached hydrogens (tertiary/aromatic N) is 3. The van der Waals surface area contributed by atoms with Gasteiger partial charge in [0.1, 0.15) is 5.82 Å².